The van der Waals surface area contributed by atoms with E-state index in [0.717, 1.165) is 31.0 Å². The van der Waals surface area contributed by atoms with Crippen LogP contribution < -0.4 is 0 Å². The summed E-state index contributed by atoms with van der Waals surface area (Å²) in [5.41, 5.74) is 2.31. The lowest BCUT2D eigenvalue weighted by atomic mass is 10.1. The number of nitrogens with zero attached hydrogens (tertiary/aromatic N) is 3. The molecule has 0 atom stereocenters. The third kappa shape index (κ3) is 1.74. The molecule has 0 amide bonds. The summed E-state index contributed by atoms with van der Waals surface area (Å²) in [5, 5.41) is 0.690. The second-order valence-electron chi connectivity index (χ2n) is 4.56. The third-order valence-corrected chi connectivity index (χ3v) is 3.48. The van der Waals surface area contributed by atoms with Gasteiger partial charge in [0.05, 0.1) is 5.69 Å². The van der Waals surface area contributed by atoms with E-state index in [1.807, 2.05) is 0 Å². The summed E-state index contributed by atoms with van der Waals surface area (Å²) in [7, 11) is 2.12. The van der Waals surface area contributed by atoms with Gasteiger partial charge in [0.2, 0.25) is 0 Å². The average molecular weight is 224 g/mol. The number of fused-ring (bicyclic) bond motifs is 1. The molecule has 15 heavy (non-hydrogen) atoms. The Balaban J connectivity index is 2.03. The normalized spacial score (nSPS) is 21.5. The van der Waals surface area contributed by atoms with Crippen LogP contribution in [0.4, 0.5) is 0 Å². The maximum Gasteiger partial charge on any atom is 0.136 e. The highest BCUT2D eigenvalue weighted by atomic mass is 35.5. The molecule has 2 heterocycles. The van der Waals surface area contributed by atoms with E-state index in [1.165, 1.54) is 18.4 Å². The summed E-state index contributed by atoms with van der Waals surface area (Å²) in [6.45, 7) is 1.97. The first-order valence-corrected chi connectivity index (χ1v) is 5.85. The summed E-state index contributed by atoms with van der Waals surface area (Å²) >= 11 is 6.20. The average Bonchev–Trinajstić information content (AvgIpc) is 2.99. The third-order valence-electron chi connectivity index (χ3n) is 3.17. The minimum atomic E-state index is 0.583. The van der Waals surface area contributed by atoms with E-state index in [9.17, 15) is 0 Å². The molecule has 0 N–H and O–H groups in total. The summed E-state index contributed by atoms with van der Waals surface area (Å²) in [4.78, 5) is 11.3. The molecule has 0 radical (unpaired) electrons. The van der Waals surface area contributed by atoms with E-state index < -0.39 is 0 Å². The van der Waals surface area contributed by atoms with Gasteiger partial charge in [-0.25, -0.2) is 9.97 Å². The van der Waals surface area contributed by atoms with Gasteiger partial charge in [-0.3, -0.25) is 0 Å². The zero-order valence-electron chi connectivity index (χ0n) is 8.83. The molecular formula is C11H14ClN3. The number of likely N-dealkylation sites (N-methyl/N-ethyl adjacent to an activating group) is 1. The van der Waals surface area contributed by atoms with Gasteiger partial charge in [-0.1, -0.05) is 11.6 Å². The number of hydrogen-bond acceptors (Lipinski definition) is 3. The molecular weight excluding hydrogens is 210 g/mol. The predicted molar refractivity (Wildman–Crippen MR) is 59.1 cm³/mol. The van der Waals surface area contributed by atoms with Crippen LogP contribution in [-0.2, 0) is 13.0 Å². The van der Waals surface area contributed by atoms with Crippen molar-refractivity contribution in [3.05, 3.63) is 22.2 Å². The molecule has 1 aromatic heterocycles. The van der Waals surface area contributed by atoms with E-state index in [-0.39, 0.29) is 0 Å². The highest BCUT2D eigenvalue weighted by molar-refractivity contribution is 6.30. The largest absolute Gasteiger partial charge is 0.300 e. The zero-order chi connectivity index (χ0) is 10.4. The summed E-state index contributed by atoms with van der Waals surface area (Å²) in [5.74, 6) is 1.55. The van der Waals surface area contributed by atoms with Crippen molar-refractivity contribution in [2.45, 2.75) is 31.7 Å². The molecule has 0 bridgehead atoms. The Morgan fingerprint density at radius 3 is 2.87 bits per heavy atom. The number of rotatable bonds is 1. The lowest BCUT2D eigenvalue weighted by Crippen LogP contribution is -2.28. The van der Waals surface area contributed by atoms with Crippen molar-refractivity contribution < 1.29 is 0 Å². The standard InChI is InChI=1S/C11H14ClN3/c1-15-5-4-8-9(6-15)13-11(7-2-3-7)14-10(8)12/h7H,2-6H2,1H3. The lowest BCUT2D eigenvalue weighted by Gasteiger charge is -2.24. The molecule has 3 rings (SSSR count). The van der Waals surface area contributed by atoms with Crippen molar-refractivity contribution in [2.75, 3.05) is 13.6 Å². The monoisotopic (exact) mass is 223 g/mol. The molecule has 0 saturated heterocycles. The van der Waals surface area contributed by atoms with E-state index in [0.29, 0.717) is 11.1 Å². The summed E-state index contributed by atoms with van der Waals surface area (Å²) in [6, 6.07) is 0. The van der Waals surface area contributed by atoms with Crippen molar-refractivity contribution in [1.82, 2.24) is 14.9 Å². The Kier molecular flexibility index (Phi) is 2.18. The van der Waals surface area contributed by atoms with Gasteiger partial charge in [-0.2, -0.15) is 0 Å². The quantitative estimate of drug-likeness (QED) is 0.682. The molecule has 0 spiro atoms. The first-order valence-electron chi connectivity index (χ1n) is 5.48. The Morgan fingerprint density at radius 1 is 1.33 bits per heavy atom. The van der Waals surface area contributed by atoms with Gasteiger partial charge in [0.25, 0.3) is 0 Å². The molecule has 1 saturated carbocycles. The summed E-state index contributed by atoms with van der Waals surface area (Å²) in [6.07, 6.45) is 3.44. The van der Waals surface area contributed by atoms with Gasteiger partial charge in [0.15, 0.2) is 0 Å². The van der Waals surface area contributed by atoms with E-state index >= 15 is 0 Å². The minimum absolute atomic E-state index is 0.583. The Morgan fingerprint density at radius 2 is 2.13 bits per heavy atom. The number of hydrogen-bond donors (Lipinski definition) is 0. The van der Waals surface area contributed by atoms with Crippen LogP contribution in [-0.4, -0.2) is 28.5 Å². The van der Waals surface area contributed by atoms with Crippen molar-refractivity contribution in [1.29, 1.82) is 0 Å². The van der Waals surface area contributed by atoms with Crippen LogP contribution in [0.25, 0.3) is 0 Å². The van der Waals surface area contributed by atoms with Crippen LogP contribution in [0.3, 0.4) is 0 Å². The number of aromatic nitrogens is 2. The van der Waals surface area contributed by atoms with Gasteiger partial charge in [0.1, 0.15) is 11.0 Å². The second kappa shape index (κ2) is 3.42. The van der Waals surface area contributed by atoms with E-state index in [4.69, 9.17) is 11.6 Å². The molecule has 0 unspecified atom stereocenters. The maximum absolute atomic E-state index is 6.20. The SMILES string of the molecule is CN1CCc2c(Cl)nc(C3CC3)nc2C1. The smallest absolute Gasteiger partial charge is 0.136 e. The molecule has 3 nitrogen and oxygen atoms in total. The lowest BCUT2D eigenvalue weighted by molar-refractivity contribution is 0.306. The van der Waals surface area contributed by atoms with E-state index in [1.54, 1.807) is 0 Å². The highest BCUT2D eigenvalue weighted by Gasteiger charge is 2.29. The summed E-state index contributed by atoms with van der Waals surface area (Å²) < 4.78 is 0. The topological polar surface area (TPSA) is 29.0 Å². The van der Waals surface area contributed by atoms with Crippen LogP contribution in [0, 0.1) is 0 Å². The fraction of sp³-hybridized carbons (Fsp3) is 0.636. The van der Waals surface area contributed by atoms with Crippen LogP contribution in [0.15, 0.2) is 0 Å². The van der Waals surface area contributed by atoms with Crippen LogP contribution in [0.1, 0.15) is 35.8 Å². The van der Waals surface area contributed by atoms with Crippen LogP contribution in [0.2, 0.25) is 5.15 Å². The van der Waals surface area contributed by atoms with E-state index in [2.05, 4.69) is 21.9 Å². The second-order valence-corrected chi connectivity index (χ2v) is 4.92. The highest BCUT2D eigenvalue weighted by Crippen LogP contribution is 2.39. The van der Waals surface area contributed by atoms with Crippen LogP contribution >= 0.6 is 11.6 Å². The Labute approximate surface area is 94.5 Å². The van der Waals surface area contributed by atoms with Crippen molar-refractivity contribution in [3.8, 4) is 0 Å². The first-order chi connectivity index (χ1) is 7.24. The van der Waals surface area contributed by atoms with Crippen molar-refractivity contribution >= 4 is 11.6 Å². The van der Waals surface area contributed by atoms with Gasteiger partial charge < -0.3 is 4.90 Å². The Bertz CT molecular complexity index is 401. The first kappa shape index (κ1) is 9.55. The van der Waals surface area contributed by atoms with Gasteiger partial charge in [0, 0.05) is 24.6 Å². The molecule has 1 aromatic rings. The maximum atomic E-state index is 6.20. The zero-order valence-corrected chi connectivity index (χ0v) is 9.59. The molecule has 0 aromatic carbocycles. The Hall–Kier alpha value is -0.670. The van der Waals surface area contributed by atoms with Crippen LogP contribution in [0.5, 0.6) is 0 Å². The molecule has 1 fully saturated rings. The van der Waals surface area contributed by atoms with Gasteiger partial charge in [-0.15, -0.1) is 0 Å². The molecule has 1 aliphatic carbocycles. The van der Waals surface area contributed by atoms with Gasteiger partial charge >= 0.3 is 0 Å². The van der Waals surface area contributed by atoms with Gasteiger partial charge in [-0.05, 0) is 26.3 Å². The molecule has 4 heteroatoms. The number of halogens is 1. The molecule has 80 valence electrons. The van der Waals surface area contributed by atoms with Crippen molar-refractivity contribution in [3.63, 3.8) is 0 Å². The molecule has 2 aliphatic rings. The fourth-order valence-electron chi connectivity index (χ4n) is 2.06. The predicted octanol–water partition coefficient (Wildman–Crippen LogP) is 2.00. The fourth-order valence-corrected chi connectivity index (χ4v) is 2.35. The molecule has 1 aliphatic heterocycles. The van der Waals surface area contributed by atoms with Crippen molar-refractivity contribution in [2.24, 2.45) is 0 Å². The minimum Gasteiger partial charge on any atom is -0.300 e.